The number of carbonyl (C=O) groups excluding carboxylic acids is 4. The van der Waals surface area contributed by atoms with Gasteiger partial charge in [0.05, 0.1) is 0 Å². The van der Waals surface area contributed by atoms with E-state index in [2.05, 4.69) is 24.6 Å². The van der Waals surface area contributed by atoms with Gasteiger partial charge in [-0.3, -0.25) is 14.1 Å². The molecule has 1 fully saturated rings. The molecule has 0 bridgehead atoms. The van der Waals surface area contributed by atoms with Crippen LogP contribution in [0.5, 0.6) is 0 Å². The number of nitrogens with two attached hydrogens (primary N) is 2. The molecule has 1 saturated heterocycles. The third-order valence-electron chi connectivity index (χ3n) is 3.73. The molecule has 0 radical (unpaired) electrons. The summed E-state index contributed by atoms with van der Waals surface area (Å²) < 4.78 is 45.4. The van der Waals surface area contributed by atoms with E-state index in [4.69, 9.17) is 21.0 Å². The van der Waals surface area contributed by atoms with Crippen LogP contribution >= 0.6 is 11.5 Å². The molecule has 1 aliphatic heterocycles. The van der Waals surface area contributed by atoms with Crippen molar-refractivity contribution >= 4 is 56.6 Å². The van der Waals surface area contributed by atoms with Crippen LogP contribution in [0.4, 0.5) is 9.93 Å². The molecule has 0 saturated carbocycles. The molecule has 2 atom stereocenters. The first-order valence-electron chi connectivity index (χ1n) is 9.15. The molecule has 1 aromatic heterocycles. The number of primary amides is 1. The molecule has 0 aliphatic carbocycles. The van der Waals surface area contributed by atoms with Crippen molar-refractivity contribution in [1.29, 1.82) is 0 Å². The smallest absolute Gasteiger partial charge is 0.404 e. The van der Waals surface area contributed by atoms with Gasteiger partial charge in [0.15, 0.2) is 5.13 Å². The summed E-state index contributed by atoms with van der Waals surface area (Å²) in [5, 5.41) is 5.61. The maximum atomic E-state index is 12.8. The number of anilines is 1. The van der Waals surface area contributed by atoms with E-state index in [1.165, 1.54) is 0 Å². The Morgan fingerprint density at radius 3 is 2.47 bits per heavy atom. The summed E-state index contributed by atoms with van der Waals surface area (Å²) >= 11 is 0.702. The Bertz CT molecular complexity index is 1110. The molecule has 0 spiro atoms. The Hall–Kier alpha value is -3.58. The number of oxime groups is 1. The molecule has 34 heavy (non-hydrogen) atoms. The van der Waals surface area contributed by atoms with Crippen LogP contribution in [0.25, 0.3) is 0 Å². The third kappa shape index (κ3) is 6.96. The van der Waals surface area contributed by atoms with Gasteiger partial charge in [-0.25, -0.2) is 13.9 Å². The van der Waals surface area contributed by atoms with Crippen molar-refractivity contribution < 1.29 is 46.5 Å². The van der Waals surface area contributed by atoms with E-state index in [1.54, 1.807) is 20.8 Å². The highest BCUT2D eigenvalue weighted by molar-refractivity contribution is 7.84. The number of nitrogen functional groups attached to an aromatic ring is 1. The summed E-state index contributed by atoms with van der Waals surface area (Å²) in [4.78, 5) is 56.3. The van der Waals surface area contributed by atoms with Crippen molar-refractivity contribution in [3.05, 3.63) is 5.82 Å². The predicted molar refractivity (Wildman–Crippen MR) is 112 cm³/mol. The van der Waals surface area contributed by atoms with Crippen LogP contribution in [0.2, 0.25) is 0 Å². The Balaban J connectivity index is 2.21. The van der Waals surface area contributed by atoms with Crippen LogP contribution in [0.15, 0.2) is 5.16 Å². The highest BCUT2D eigenvalue weighted by Crippen LogP contribution is 2.24. The fourth-order valence-electron chi connectivity index (χ4n) is 2.54. The van der Waals surface area contributed by atoms with E-state index < -0.39 is 70.8 Å². The lowest BCUT2D eigenvalue weighted by molar-refractivity contribution is -0.160. The quantitative estimate of drug-likeness (QED) is 0.0880. The average molecular weight is 524 g/mol. The van der Waals surface area contributed by atoms with E-state index in [1.807, 2.05) is 0 Å². The number of nitrogens with zero attached hydrogens (tertiary/aromatic N) is 4. The van der Waals surface area contributed by atoms with Crippen LogP contribution < -0.4 is 16.8 Å². The Morgan fingerprint density at radius 1 is 1.32 bits per heavy atom. The Kier molecular flexibility index (Phi) is 7.95. The SMILES string of the molecule is CC(C)(C)OC(=O)CON=C(C(=O)N[C@@H]1C(=O)N(S(=O)(=O)O)[C@@H]1COC(N)=O)c1nsc(N)n1. The molecule has 19 heteroatoms. The monoisotopic (exact) mass is 523 g/mol. The first-order chi connectivity index (χ1) is 15.6. The minimum absolute atomic E-state index is 0.00418. The second kappa shape index (κ2) is 10.1. The maximum absolute atomic E-state index is 12.8. The number of amides is 3. The Morgan fingerprint density at radius 2 is 1.97 bits per heavy atom. The molecule has 0 aromatic carbocycles. The molecular formula is C15H21N7O10S2. The molecule has 1 aliphatic rings. The van der Waals surface area contributed by atoms with Gasteiger partial charge >= 0.3 is 22.4 Å². The molecule has 6 N–H and O–H groups in total. The van der Waals surface area contributed by atoms with Crippen molar-refractivity contribution in [3.63, 3.8) is 0 Å². The van der Waals surface area contributed by atoms with E-state index in [0.717, 1.165) is 0 Å². The van der Waals surface area contributed by atoms with Gasteiger partial charge < -0.3 is 31.1 Å². The second-order valence-corrected chi connectivity index (χ2v) is 9.59. The zero-order valence-corrected chi connectivity index (χ0v) is 19.6. The van der Waals surface area contributed by atoms with Crippen LogP contribution in [0.1, 0.15) is 26.6 Å². The lowest BCUT2D eigenvalue weighted by atomic mass is 9.99. The first kappa shape index (κ1) is 26.7. The zero-order valence-electron chi connectivity index (χ0n) is 18.0. The fraction of sp³-hybridized carbons (Fsp3) is 0.533. The lowest BCUT2D eigenvalue weighted by Crippen LogP contribution is -2.73. The summed E-state index contributed by atoms with van der Waals surface area (Å²) in [5.74, 6) is -3.51. The van der Waals surface area contributed by atoms with Gasteiger partial charge in [0.1, 0.15) is 24.3 Å². The van der Waals surface area contributed by atoms with E-state index in [-0.39, 0.29) is 15.3 Å². The lowest BCUT2D eigenvalue weighted by Gasteiger charge is -2.43. The van der Waals surface area contributed by atoms with E-state index in [0.29, 0.717) is 11.5 Å². The van der Waals surface area contributed by atoms with Crippen molar-refractivity contribution in [2.45, 2.75) is 38.5 Å². The normalized spacial score (nSPS) is 18.6. The molecule has 2 heterocycles. The predicted octanol–water partition coefficient (Wildman–Crippen LogP) is -2.22. The van der Waals surface area contributed by atoms with Gasteiger partial charge in [-0.15, -0.1) is 0 Å². The van der Waals surface area contributed by atoms with Gasteiger partial charge in [-0.2, -0.15) is 17.8 Å². The summed E-state index contributed by atoms with van der Waals surface area (Å²) in [6, 6.07) is -3.10. The molecule has 0 unspecified atom stereocenters. The fourth-order valence-corrected chi connectivity index (χ4v) is 3.84. The molecular weight excluding hydrogens is 502 g/mol. The number of aromatic nitrogens is 2. The second-order valence-electron chi connectivity index (χ2n) is 7.52. The number of nitrogens with one attached hydrogen (secondary N) is 1. The van der Waals surface area contributed by atoms with Crippen molar-refractivity contribution in [2.75, 3.05) is 18.9 Å². The van der Waals surface area contributed by atoms with Crippen molar-refractivity contribution in [2.24, 2.45) is 10.9 Å². The maximum Gasteiger partial charge on any atom is 0.404 e. The molecule has 2 rings (SSSR count). The first-order valence-corrected chi connectivity index (χ1v) is 11.3. The minimum atomic E-state index is -5.03. The van der Waals surface area contributed by atoms with E-state index in [9.17, 15) is 32.1 Å². The number of rotatable bonds is 9. The number of esters is 1. The van der Waals surface area contributed by atoms with Gasteiger partial charge in [-0.1, -0.05) is 5.16 Å². The molecule has 1 aromatic rings. The zero-order chi connectivity index (χ0) is 25.8. The molecule has 17 nitrogen and oxygen atoms in total. The number of hydrogen-bond donors (Lipinski definition) is 4. The van der Waals surface area contributed by atoms with Crippen LogP contribution in [-0.4, -0.2) is 87.1 Å². The highest BCUT2D eigenvalue weighted by Gasteiger charge is 2.55. The van der Waals surface area contributed by atoms with Gasteiger partial charge in [0.25, 0.3) is 11.8 Å². The number of hydrogen-bond acceptors (Lipinski definition) is 14. The number of carbonyl (C=O) groups is 4. The van der Waals surface area contributed by atoms with Crippen LogP contribution in [-0.2, 0) is 39.0 Å². The molecule has 3 amide bonds. The van der Waals surface area contributed by atoms with Crippen LogP contribution in [0.3, 0.4) is 0 Å². The third-order valence-corrected chi connectivity index (χ3v) is 5.22. The highest BCUT2D eigenvalue weighted by atomic mass is 32.2. The Labute approximate surface area is 196 Å². The summed E-state index contributed by atoms with van der Waals surface area (Å²) in [6.07, 6.45) is -1.29. The van der Waals surface area contributed by atoms with Crippen molar-refractivity contribution in [3.8, 4) is 0 Å². The van der Waals surface area contributed by atoms with Gasteiger partial charge in [0.2, 0.25) is 18.1 Å². The van der Waals surface area contributed by atoms with E-state index >= 15 is 0 Å². The summed E-state index contributed by atoms with van der Waals surface area (Å²) in [7, 11) is -5.03. The van der Waals surface area contributed by atoms with Crippen molar-refractivity contribution in [1.82, 2.24) is 19.0 Å². The minimum Gasteiger partial charge on any atom is -0.457 e. The standard InChI is InChI=1S/C15H21N7O10S2/c1-15(2,3)32-7(23)5-31-20-9(10-19-13(16)33-21-10)11(24)18-8-6(4-30-14(17)26)22(12(8)25)34(27,28)29/h6,8H,4-5H2,1-3H3,(H2,17,26)(H,18,24)(H2,16,19,21)(H,27,28,29)/t6-,8+/m1/s1. The van der Waals surface area contributed by atoms with Gasteiger partial charge in [0, 0.05) is 11.5 Å². The average Bonchev–Trinajstić information content (AvgIpc) is 3.09. The summed E-state index contributed by atoms with van der Waals surface area (Å²) in [5.41, 5.74) is 8.92. The molecule has 188 valence electrons. The topological polar surface area (TPSA) is 256 Å². The van der Waals surface area contributed by atoms with Crippen LogP contribution in [0, 0.1) is 0 Å². The number of β-lactam (4-membered cyclic amide) rings is 1. The van der Waals surface area contributed by atoms with Gasteiger partial charge in [-0.05, 0) is 20.8 Å². The summed E-state index contributed by atoms with van der Waals surface area (Å²) in [6.45, 7) is 3.41. The largest absolute Gasteiger partial charge is 0.457 e. The number of ether oxygens (including phenoxy) is 2.